The van der Waals surface area contributed by atoms with Gasteiger partial charge in [-0.2, -0.15) is 0 Å². The Kier molecular flexibility index (Phi) is 6.35. The van der Waals surface area contributed by atoms with E-state index in [1.165, 1.54) is 12.1 Å². The molecule has 4 rings (SSSR count). The number of aliphatic hydroxyl groups is 1. The molecule has 1 aliphatic carbocycles. The molecule has 0 bridgehead atoms. The fourth-order valence-corrected chi connectivity index (χ4v) is 3.87. The van der Waals surface area contributed by atoms with Gasteiger partial charge in [0.25, 0.3) is 11.8 Å². The van der Waals surface area contributed by atoms with E-state index in [0.29, 0.717) is 23.8 Å². The monoisotopic (exact) mass is 472 g/mol. The molecule has 4 amide bonds. The van der Waals surface area contributed by atoms with Gasteiger partial charge in [0.05, 0.1) is 5.69 Å². The van der Waals surface area contributed by atoms with Crippen LogP contribution in [-0.2, 0) is 4.79 Å². The molecule has 1 fully saturated rings. The van der Waals surface area contributed by atoms with Crippen LogP contribution >= 0.6 is 11.6 Å². The van der Waals surface area contributed by atoms with Gasteiger partial charge in [-0.1, -0.05) is 23.8 Å². The normalized spacial score (nSPS) is 20.9. The largest absolute Gasteiger partial charge is 0.396 e. The van der Waals surface area contributed by atoms with Crippen molar-refractivity contribution < 1.29 is 23.9 Å². The highest BCUT2D eigenvalue weighted by Gasteiger charge is 2.61. The predicted molar refractivity (Wildman–Crippen MR) is 122 cm³/mol. The molecule has 1 saturated carbocycles. The third-order valence-electron chi connectivity index (χ3n) is 5.74. The van der Waals surface area contributed by atoms with Crippen molar-refractivity contribution in [3.8, 4) is 0 Å². The lowest BCUT2D eigenvalue weighted by atomic mass is 10.1. The van der Waals surface area contributed by atoms with Gasteiger partial charge in [-0.05, 0) is 48.9 Å². The van der Waals surface area contributed by atoms with Crippen molar-refractivity contribution in [3.63, 3.8) is 0 Å². The maximum atomic E-state index is 14.7. The number of hydrogen-bond donors (Lipinski definition) is 4. The first-order valence-corrected chi connectivity index (χ1v) is 10.7. The van der Waals surface area contributed by atoms with Crippen LogP contribution in [0.15, 0.2) is 54.6 Å². The van der Waals surface area contributed by atoms with E-state index in [1.807, 2.05) is 12.2 Å². The second kappa shape index (κ2) is 9.21. The summed E-state index contributed by atoms with van der Waals surface area (Å²) in [6.07, 6.45) is 3.90. The van der Waals surface area contributed by atoms with Gasteiger partial charge >= 0.3 is 6.03 Å². The molecule has 2 aliphatic rings. The van der Waals surface area contributed by atoms with E-state index in [-0.39, 0.29) is 30.2 Å². The van der Waals surface area contributed by atoms with Gasteiger partial charge in [0, 0.05) is 41.9 Å². The number of rotatable bonds is 6. The lowest BCUT2D eigenvalue weighted by Gasteiger charge is -2.20. The third kappa shape index (κ3) is 4.84. The summed E-state index contributed by atoms with van der Waals surface area (Å²) in [7, 11) is 0. The van der Waals surface area contributed by atoms with Gasteiger partial charge < -0.3 is 26.0 Å². The van der Waals surface area contributed by atoms with Gasteiger partial charge in [-0.25, -0.2) is 9.18 Å². The Hall–Kier alpha value is -3.43. The fraction of sp³-hybridized carbons (Fsp3) is 0.261. The van der Waals surface area contributed by atoms with E-state index >= 15 is 0 Å². The maximum absolute atomic E-state index is 14.7. The number of nitrogens with zero attached hydrogens (tertiary/aromatic N) is 1. The average Bonchev–Trinajstić information content (AvgIpc) is 3.23. The summed E-state index contributed by atoms with van der Waals surface area (Å²) in [5, 5.41) is 17.7. The van der Waals surface area contributed by atoms with Crippen LogP contribution in [0, 0.1) is 11.7 Å². The second-order valence-electron chi connectivity index (χ2n) is 7.97. The van der Waals surface area contributed by atoms with Crippen molar-refractivity contribution in [1.82, 2.24) is 10.2 Å². The molecule has 2 aromatic carbocycles. The number of hydrogen-bond acceptors (Lipinski definition) is 4. The van der Waals surface area contributed by atoms with E-state index in [1.54, 1.807) is 29.2 Å². The SMILES string of the molecule is O=C(Nc1ccc(Cl)cc1)N[C@@]1(C(=O)Nc2ccc(C(=O)N3CC=CC3)cc2F)C[C@@H]1CO. The van der Waals surface area contributed by atoms with Gasteiger partial charge in [-0.15, -0.1) is 0 Å². The molecule has 8 nitrogen and oxygen atoms in total. The van der Waals surface area contributed by atoms with Crippen LogP contribution < -0.4 is 16.0 Å². The Morgan fingerprint density at radius 3 is 2.39 bits per heavy atom. The molecule has 2 aromatic rings. The minimum absolute atomic E-state index is 0.126. The Morgan fingerprint density at radius 2 is 1.79 bits per heavy atom. The summed E-state index contributed by atoms with van der Waals surface area (Å²) in [4.78, 5) is 39.4. The van der Waals surface area contributed by atoms with Gasteiger partial charge in [0.2, 0.25) is 0 Å². The van der Waals surface area contributed by atoms with Crippen molar-refractivity contribution in [1.29, 1.82) is 0 Å². The van der Waals surface area contributed by atoms with E-state index in [0.717, 1.165) is 6.07 Å². The van der Waals surface area contributed by atoms with Gasteiger partial charge in [-0.3, -0.25) is 9.59 Å². The van der Waals surface area contributed by atoms with Crippen molar-refractivity contribution in [2.75, 3.05) is 30.3 Å². The van der Waals surface area contributed by atoms with E-state index < -0.39 is 29.2 Å². The molecule has 0 spiro atoms. The zero-order chi connectivity index (χ0) is 23.6. The lowest BCUT2D eigenvalue weighted by Crippen LogP contribution is -2.49. The summed E-state index contributed by atoms with van der Waals surface area (Å²) < 4.78 is 14.7. The molecule has 0 saturated heterocycles. The van der Waals surface area contributed by atoms with Crippen molar-refractivity contribution in [2.24, 2.45) is 5.92 Å². The van der Waals surface area contributed by atoms with E-state index in [2.05, 4.69) is 16.0 Å². The van der Waals surface area contributed by atoms with E-state index in [9.17, 15) is 23.9 Å². The number of amides is 4. The van der Waals surface area contributed by atoms with Gasteiger partial charge in [0.15, 0.2) is 0 Å². The Bertz CT molecular complexity index is 1120. The number of urea groups is 1. The highest BCUT2D eigenvalue weighted by Crippen LogP contribution is 2.44. The molecule has 4 N–H and O–H groups in total. The summed E-state index contributed by atoms with van der Waals surface area (Å²) in [5.74, 6) is -2.26. The fourth-order valence-electron chi connectivity index (χ4n) is 3.75. The number of aliphatic hydroxyl groups excluding tert-OH is 1. The number of carbonyl (C=O) groups excluding carboxylic acids is 3. The minimum atomic E-state index is -1.38. The smallest absolute Gasteiger partial charge is 0.320 e. The first-order valence-electron chi connectivity index (χ1n) is 10.3. The first kappa shape index (κ1) is 22.8. The van der Waals surface area contributed by atoms with Crippen molar-refractivity contribution in [2.45, 2.75) is 12.0 Å². The van der Waals surface area contributed by atoms with Crippen LogP contribution in [0.3, 0.4) is 0 Å². The van der Waals surface area contributed by atoms with Crippen LogP contribution in [0.25, 0.3) is 0 Å². The molecule has 2 atom stereocenters. The zero-order valence-corrected chi connectivity index (χ0v) is 18.2. The minimum Gasteiger partial charge on any atom is -0.396 e. The van der Waals surface area contributed by atoms with Crippen LogP contribution in [0.5, 0.6) is 0 Å². The number of halogens is 2. The van der Waals surface area contributed by atoms with Crippen LogP contribution in [0.2, 0.25) is 5.02 Å². The van der Waals surface area contributed by atoms with Crippen LogP contribution in [0.4, 0.5) is 20.6 Å². The zero-order valence-electron chi connectivity index (χ0n) is 17.5. The Balaban J connectivity index is 1.43. The molecular formula is C23H22ClFN4O4. The quantitative estimate of drug-likeness (QED) is 0.484. The summed E-state index contributed by atoms with van der Waals surface area (Å²) in [6, 6.07) is 9.56. The third-order valence-corrected chi connectivity index (χ3v) is 5.99. The summed E-state index contributed by atoms with van der Waals surface area (Å²) in [5.41, 5.74) is -0.871. The average molecular weight is 473 g/mol. The van der Waals surface area contributed by atoms with E-state index in [4.69, 9.17) is 11.6 Å². The predicted octanol–water partition coefficient (Wildman–Crippen LogP) is 3.00. The molecule has 1 aliphatic heterocycles. The maximum Gasteiger partial charge on any atom is 0.320 e. The molecule has 33 heavy (non-hydrogen) atoms. The number of benzene rings is 2. The summed E-state index contributed by atoms with van der Waals surface area (Å²) >= 11 is 5.83. The first-order chi connectivity index (χ1) is 15.8. The number of nitrogens with one attached hydrogen (secondary N) is 3. The standard InChI is InChI=1S/C23H22ClFN4O4/c24-16-4-6-17(7-5-16)26-22(33)28-23(12-15(23)13-30)21(32)27-19-8-3-14(11-18(19)25)20(31)29-9-1-2-10-29/h1-8,11,15,30H,9-10,12-13H2,(H,27,32)(H2,26,28,33)/t15-,23+/m1/s1. The van der Waals surface area contributed by atoms with Crippen LogP contribution in [0.1, 0.15) is 16.8 Å². The molecule has 0 radical (unpaired) electrons. The molecule has 1 heterocycles. The molecule has 10 heteroatoms. The topological polar surface area (TPSA) is 111 Å². The highest BCUT2D eigenvalue weighted by atomic mass is 35.5. The lowest BCUT2D eigenvalue weighted by molar-refractivity contribution is -0.119. The number of carbonyl (C=O) groups is 3. The van der Waals surface area contributed by atoms with Crippen molar-refractivity contribution in [3.05, 3.63) is 71.0 Å². The second-order valence-corrected chi connectivity index (χ2v) is 8.41. The van der Waals surface area contributed by atoms with Crippen LogP contribution in [-0.4, -0.2) is 53.1 Å². The number of anilines is 2. The Labute approximate surface area is 194 Å². The molecule has 0 unspecified atom stereocenters. The highest BCUT2D eigenvalue weighted by molar-refractivity contribution is 6.30. The summed E-state index contributed by atoms with van der Waals surface area (Å²) in [6.45, 7) is 0.607. The molecule has 172 valence electrons. The Morgan fingerprint density at radius 1 is 1.09 bits per heavy atom. The van der Waals surface area contributed by atoms with Crippen molar-refractivity contribution >= 4 is 40.8 Å². The molecule has 0 aromatic heterocycles. The molecular weight excluding hydrogens is 451 g/mol. The van der Waals surface area contributed by atoms with Gasteiger partial charge in [0.1, 0.15) is 11.4 Å².